The van der Waals surface area contributed by atoms with E-state index in [9.17, 15) is 9.59 Å². The predicted octanol–water partition coefficient (Wildman–Crippen LogP) is 1.95. The Morgan fingerprint density at radius 2 is 2.00 bits per heavy atom. The van der Waals surface area contributed by atoms with E-state index >= 15 is 0 Å². The van der Waals surface area contributed by atoms with E-state index in [0.717, 1.165) is 19.4 Å². The van der Waals surface area contributed by atoms with Crippen LogP contribution in [0.15, 0.2) is 0 Å². The molecule has 1 unspecified atom stereocenters. The molecule has 21 heavy (non-hydrogen) atoms. The number of hydrogen-bond donors (Lipinski definition) is 2. The second-order valence-corrected chi connectivity index (χ2v) is 5.91. The second-order valence-electron chi connectivity index (χ2n) is 5.91. The third kappa shape index (κ3) is 7.32. The van der Waals surface area contributed by atoms with Gasteiger partial charge in [-0.3, -0.25) is 4.79 Å². The molecule has 6 nitrogen and oxygen atoms in total. The van der Waals surface area contributed by atoms with E-state index < -0.39 is 5.97 Å². The molecule has 1 aliphatic rings. The van der Waals surface area contributed by atoms with Crippen molar-refractivity contribution in [3.8, 4) is 0 Å². The maximum absolute atomic E-state index is 12.0. The van der Waals surface area contributed by atoms with Crippen molar-refractivity contribution in [2.75, 3.05) is 32.8 Å². The fraction of sp³-hybridized carbons (Fsp3) is 0.867. The number of carboxylic acids is 1. The van der Waals surface area contributed by atoms with E-state index in [1.54, 1.807) is 4.90 Å². The Morgan fingerprint density at radius 3 is 2.67 bits per heavy atom. The van der Waals surface area contributed by atoms with Crippen molar-refractivity contribution in [3.05, 3.63) is 0 Å². The molecule has 0 bridgehead atoms. The molecule has 0 aromatic heterocycles. The summed E-state index contributed by atoms with van der Waals surface area (Å²) in [6.07, 6.45) is 2.56. The smallest absolute Gasteiger partial charge is 0.317 e. The molecule has 1 aliphatic heterocycles. The maximum Gasteiger partial charge on any atom is 0.317 e. The molecule has 0 radical (unpaired) electrons. The summed E-state index contributed by atoms with van der Waals surface area (Å²) < 4.78 is 5.33. The molecular formula is C15H28N2O4. The Morgan fingerprint density at radius 1 is 1.24 bits per heavy atom. The predicted molar refractivity (Wildman–Crippen MR) is 80.2 cm³/mol. The lowest BCUT2D eigenvalue weighted by atomic mass is 9.88. The molecule has 6 heteroatoms. The van der Waals surface area contributed by atoms with Crippen molar-refractivity contribution in [2.45, 2.75) is 39.5 Å². The van der Waals surface area contributed by atoms with Crippen molar-refractivity contribution in [3.63, 3.8) is 0 Å². The molecule has 1 saturated heterocycles. The van der Waals surface area contributed by atoms with Gasteiger partial charge in [0.05, 0.1) is 6.61 Å². The molecule has 2 amide bonds. The number of hydrogen-bond acceptors (Lipinski definition) is 3. The lowest BCUT2D eigenvalue weighted by molar-refractivity contribution is -0.137. The number of nitrogens with zero attached hydrogens (tertiary/aromatic N) is 1. The van der Waals surface area contributed by atoms with Crippen LogP contribution in [-0.2, 0) is 9.53 Å². The van der Waals surface area contributed by atoms with Gasteiger partial charge in [0.1, 0.15) is 0 Å². The van der Waals surface area contributed by atoms with Gasteiger partial charge in [-0.15, -0.1) is 0 Å². The Hall–Kier alpha value is -1.30. The van der Waals surface area contributed by atoms with E-state index in [-0.39, 0.29) is 12.5 Å². The molecule has 122 valence electrons. The van der Waals surface area contributed by atoms with Gasteiger partial charge < -0.3 is 20.1 Å². The molecule has 0 aromatic rings. The van der Waals surface area contributed by atoms with Crippen LogP contribution in [0.4, 0.5) is 4.79 Å². The Bertz CT molecular complexity index is 326. The summed E-state index contributed by atoms with van der Waals surface area (Å²) in [6.45, 7) is 7.48. The van der Waals surface area contributed by atoms with E-state index in [1.807, 2.05) is 0 Å². The van der Waals surface area contributed by atoms with Crippen molar-refractivity contribution < 1.29 is 19.4 Å². The largest absolute Gasteiger partial charge is 0.481 e. The summed E-state index contributed by atoms with van der Waals surface area (Å²) >= 11 is 0. The fourth-order valence-corrected chi connectivity index (χ4v) is 2.55. The summed E-state index contributed by atoms with van der Waals surface area (Å²) in [5, 5.41) is 11.7. The van der Waals surface area contributed by atoms with Gasteiger partial charge in [-0.1, -0.05) is 13.8 Å². The minimum atomic E-state index is -0.755. The lowest BCUT2D eigenvalue weighted by Gasteiger charge is -2.23. The van der Waals surface area contributed by atoms with Gasteiger partial charge in [0.15, 0.2) is 0 Å². The number of rotatable bonds is 7. The SMILES string of the molecule is CC(C)C(CCNC(=O)N1CCCOCC1)CCC(=O)O. The number of nitrogens with one attached hydrogen (secondary N) is 1. The summed E-state index contributed by atoms with van der Waals surface area (Å²) in [7, 11) is 0. The van der Waals surface area contributed by atoms with Gasteiger partial charge in [-0.05, 0) is 31.1 Å². The number of urea groups is 1. The quantitative estimate of drug-likeness (QED) is 0.753. The first-order valence-electron chi connectivity index (χ1n) is 7.83. The monoisotopic (exact) mass is 300 g/mol. The van der Waals surface area contributed by atoms with E-state index in [2.05, 4.69) is 19.2 Å². The zero-order valence-corrected chi connectivity index (χ0v) is 13.1. The van der Waals surface area contributed by atoms with Crippen molar-refractivity contribution in [2.24, 2.45) is 11.8 Å². The number of amides is 2. The zero-order valence-electron chi connectivity index (χ0n) is 13.1. The standard InChI is InChI=1S/C15H28N2O4/c1-12(2)13(4-5-14(18)19)6-7-16-15(20)17-8-3-10-21-11-9-17/h12-13H,3-11H2,1-2H3,(H,16,20)(H,18,19). The highest BCUT2D eigenvalue weighted by molar-refractivity contribution is 5.74. The van der Waals surface area contributed by atoms with Gasteiger partial charge in [-0.2, -0.15) is 0 Å². The fourth-order valence-electron chi connectivity index (χ4n) is 2.55. The van der Waals surface area contributed by atoms with Crippen LogP contribution in [0.5, 0.6) is 0 Å². The van der Waals surface area contributed by atoms with Gasteiger partial charge >= 0.3 is 12.0 Å². The molecule has 0 saturated carbocycles. The molecule has 1 atom stereocenters. The number of carbonyl (C=O) groups excluding carboxylic acids is 1. The first-order valence-corrected chi connectivity index (χ1v) is 7.83. The van der Waals surface area contributed by atoms with E-state index in [1.165, 1.54) is 0 Å². The summed E-state index contributed by atoms with van der Waals surface area (Å²) in [6, 6.07) is -0.0405. The first-order chi connectivity index (χ1) is 10.0. The van der Waals surface area contributed by atoms with Crippen LogP contribution < -0.4 is 5.32 Å². The van der Waals surface area contributed by atoms with Crippen LogP contribution in [-0.4, -0.2) is 54.9 Å². The van der Waals surface area contributed by atoms with Gasteiger partial charge in [-0.25, -0.2) is 4.79 Å². The summed E-state index contributed by atoms with van der Waals surface area (Å²) in [5.41, 5.74) is 0. The molecule has 1 heterocycles. The summed E-state index contributed by atoms with van der Waals surface area (Å²) in [4.78, 5) is 24.5. The van der Waals surface area contributed by atoms with Crippen LogP contribution in [0.2, 0.25) is 0 Å². The van der Waals surface area contributed by atoms with Crippen LogP contribution in [0, 0.1) is 11.8 Å². The normalized spacial score (nSPS) is 17.4. The Kier molecular flexibility index (Phi) is 8.12. The first kappa shape index (κ1) is 17.8. The van der Waals surface area contributed by atoms with Gasteiger partial charge in [0, 0.05) is 32.7 Å². The molecule has 1 fully saturated rings. The average Bonchev–Trinajstić information content (AvgIpc) is 2.70. The summed E-state index contributed by atoms with van der Waals surface area (Å²) in [5.74, 6) is -0.00374. The van der Waals surface area contributed by atoms with Crippen LogP contribution in [0.3, 0.4) is 0 Å². The van der Waals surface area contributed by atoms with E-state index in [0.29, 0.717) is 44.6 Å². The minimum absolute atomic E-state index is 0.0405. The van der Waals surface area contributed by atoms with Crippen LogP contribution >= 0.6 is 0 Å². The third-order valence-corrected chi connectivity index (χ3v) is 3.97. The maximum atomic E-state index is 12.0. The minimum Gasteiger partial charge on any atom is -0.481 e. The van der Waals surface area contributed by atoms with Gasteiger partial charge in [0.2, 0.25) is 0 Å². The van der Waals surface area contributed by atoms with Gasteiger partial charge in [0.25, 0.3) is 0 Å². The van der Waals surface area contributed by atoms with Crippen LogP contribution in [0.1, 0.15) is 39.5 Å². The zero-order chi connectivity index (χ0) is 15.7. The molecule has 0 spiro atoms. The Balaban J connectivity index is 2.28. The molecule has 2 N–H and O–H groups in total. The van der Waals surface area contributed by atoms with E-state index in [4.69, 9.17) is 9.84 Å². The molecule has 0 aromatic carbocycles. The second kappa shape index (κ2) is 9.60. The number of carboxylic acid groups (broad SMARTS) is 1. The lowest BCUT2D eigenvalue weighted by Crippen LogP contribution is -2.42. The average molecular weight is 300 g/mol. The number of ether oxygens (including phenoxy) is 1. The molecular weight excluding hydrogens is 272 g/mol. The molecule has 0 aliphatic carbocycles. The topological polar surface area (TPSA) is 78.9 Å². The molecule has 1 rings (SSSR count). The number of aliphatic carboxylic acids is 1. The third-order valence-electron chi connectivity index (χ3n) is 3.97. The highest BCUT2D eigenvalue weighted by Crippen LogP contribution is 2.20. The van der Waals surface area contributed by atoms with Crippen LogP contribution in [0.25, 0.3) is 0 Å². The Labute approximate surface area is 126 Å². The highest BCUT2D eigenvalue weighted by Gasteiger charge is 2.18. The number of carbonyl (C=O) groups is 2. The highest BCUT2D eigenvalue weighted by atomic mass is 16.5. The van der Waals surface area contributed by atoms with Crippen molar-refractivity contribution in [1.82, 2.24) is 10.2 Å². The van der Waals surface area contributed by atoms with Crippen molar-refractivity contribution >= 4 is 12.0 Å². The van der Waals surface area contributed by atoms with Crippen molar-refractivity contribution in [1.29, 1.82) is 0 Å².